The number of fused-ring (bicyclic) bond motifs is 1. The van der Waals surface area contributed by atoms with Crippen LogP contribution in [0.2, 0.25) is 0 Å². The van der Waals surface area contributed by atoms with Gasteiger partial charge in [0.2, 0.25) is 0 Å². The number of halogens is 1. The molecule has 4 rings (SSSR count). The standard InChI is InChI=1S/C24H32N4O2.HI/c1-18-9-11-28(12-10-18)17-20-5-3-19(4-6-20)16-26-24(25)27-21-7-8-22-23(15-21)30-14-2-13-29-22;/h3-8,15,18H,2,9-14,16-17H2,1H3,(H3,25,26,27);1H. The van der Waals surface area contributed by atoms with E-state index in [0.717, 1.165) is 41.6 Å². The summed E-state index contributed by atoms with van der Waals surface area (Å²) in [5.74, 6) is 2.76. The normalized spacial score (nSPS) is 17.5. The molecule has 2 aliphatic heterocycles. The second-order valence-corrected chi connectivity index (χ2v) is 8.31. The number of nitrogens with zero attached hydrogens (tertiary/aromatic N) is 2. The molecule has 0 spiro atoms. The molecule has 0 atom stereocenters. The zero-order valence-electron chi connectivity index (χ0n) is 18.2. The van der Waals surface area contributed by atoms with Crippen LogP contribution in [0.4, 0.5) is 5.69 Å². The fourth-order valence-electron chi connectivity index (χ4n) is 3.83. The summed E-state index contributed by atoms with van der Waals surface area (Å²) in [7, 11) is 0. The number of nitrogens with one attached hydrogen (secondary N) is 1. The predicted octanol–water partition coefficient (Wildman–Crippen LogP) is 4.62. The lowest BCUT2D eigenvalue weighted by Crippen LogP contribution is -2.32. The number of guanidine groups is 1. The molecule has 0 radical (unpaired) electrons. The molecule has 0 unspecified atom stereocenters. The van der Waals surface area contributed by atoms with Crippen molar-refractivity contribution in [1.29, 1.82) is 0 Å². The number of ether oxygens (including phenoxy) is 2. The van der Waals surface area contributed by atoms with Gasteiger partial charge in [-0.25, -0.2) is 4.99 Å². The van der Waals surface area contributed by atoms with E-state index in [-0.39, 0.29) is 24.0 Å². The van der Waals surface area contributed by atoms with Crippen LogP contribution in [0.5, 0.6) is 11.5 Å². The van der Waals surface area contributed by atoms with Gasteiger partial charge in [0.25, 0.3) is 0 Å². The Kier molecular flexibility index (Phi) is 8.83. The lowest BCUT2D eigenvalue weighted by atomic mass is 9.99. The number of hydrogen-bond donors (Lipinski definition) is 2. The Morgan fingerprint density at radius 3 is 2.45 bits per heavy atom. The molecule has 0 amide bonds. The molecule has 0 saturated carbocycles. The van der Waals surface area contributed by atoms with Gasteiger partial charge in [0.05, 0.1) is 19.8 Å². The largest absolute Gasteiger partial charge is 0.490 e. The van der Waals surface area contributed by atoms with Gasteiger partial charge in [-0.3, -0.25) is 4.90 Å². The topological polar surface area (TPSA) is 72.1 Å². The molecule has 6 nitrogen and oxygen atoms in total. The Morgan fingerprint density at radius 2 is 1.71 bits per heavy atom. The van der Waals surface area contributed by atoms with Gasteiger partial charge in [0, 0.05) is 24.7 Å². The highest BCUT2D eigenvalue weighted by Crippen LogP contribution is 2.32. The fourth-order valence-corrected chi connectivity index (χ4v) is 3.83. The van der Waals surface area contributed by atoms with E-state index in [0.29, 0.717) is 25.7 Å². The van der Waals surface area contributed by atoms with Gasteiger partial charge in [0.15, 0.2) is 17.5 Å². The van der Waals surface area contributed by atoms with Crippen LogP contribution in [-0.2, 0) is 13.1 Å². The van der Waals surface area contributed by atoms with E-state index in [1.54, 1.807) is 0 Å². The maximum Gasteiger partial charge on any atom is 0.193 e. The Morgan fingerprint density at radius 1 is 1.03 bits per heavy atom. The van der Waals surface area contributed by atoms with Crippen LogP contribution < -0.4 is 20.5 Å². The van der Waals surface area contributed by atoms with Crippen LogP contribution in [0, 0.1) is 5.92 Å². The lowest BCUT2D eigenvalue weighted by molar-refractivity contribution is 0.185. The number of piperidine rings is 1. The third-order valence-electron chi connectivity index (χ3n) is 5.76. The summed E-state index contributed by atoms with van der Waals surface area (Å²) in [6.07, 6.45) is 3.50. The van der Waals surface area contributed by atoms with Crippen molar-refractivity contribution >= 4 is 35.6 Å². The van der Waals surface area contributed by atoms with Crippen LogP contribution in [-0.4, -0.2) is 37.2 Å². The summed E-state index contributed by atoms with van der Waals surface area (Å²) in [6, 6.07) is 14.4. The lowest BCUT2D eigenvalue weighted by Gasteiger charge is -2.30. The quantitative estimate of drug-likeness (QED) is 0.332. The Hall–Kier alpha value is -2.00. The van der Waals surface area contributed by atoms with E-state index in [2.05, 4.69) is 46.4 Å². The first-order valence-corrected chi connectivity index (χ1v) is 10.9. The third-order valence-corrected chi connectivity index (χ3v) is 5.76. The molecule has 0 aromatic heterocycles. The number of hydrogen-bond acceptors (Lipinski definition) is 4. The molecular weight excluding hydrogens is 503 g/mol. The van der Waals surface area contributed by atoms with Crippen LogP contribution in [0.3, 0.4) is 0 Å². The van der Waals surface area contributed by atoms with Crippen LogP contribution in [0.25, 0.3) is 0 Å². The summed E-state index contributed by atoms with van der Waals surface area (Å²) in [6.45, 7) is 7.67. The molecule has 168 valence electrons. The number of nitrogens with two attached hydrogens (primary N) is 1. The first kappa shape index (κ1) is 23.7. The average Bonchev–Trinajstić information content (AvgIpc) is 3.00. The molecule has 2 aliphatic rings. The van der Waals surface area contributed by atoms with Gasteiger partial charge in [-0.05, 0) is 55.1 Å². The smallest absolute Gasteiger partial charge is 0.193 e. The summed E-state index contributed by atoms with van der Waals surface area (Å²) in [5.41, 5.74) is 9.43. The molecule has 2 aromatic rings. The van der Waals surface area contributed by atoms with Crippen molar-refractivity contribution in [3.8, 4) is 11.5 Å². The van der Waals surface area contributed by atoms with Gasteiger partial charge < -0.3 is 20.5 Å². The van der Waals surface area contributed by atoms with Gasteiger partial charge in [-0.1, -0.05) is 31.2 Å². The van der Waals surface area contributed by atoms with E-state index in [1.165, 1.54) is 31.5 Å². The number of aliphatic imine (C=N–C) groups is 1. The van der Waals surface area contributed by atoms with E-state index in [9.17, 15) is 0 Å². The number of anilines is 1. The van der Waals surface area contributed by atoms with Gasteiger partial charge in [0.1, 0.15) is 0 Å². The van der Waals surface area contributed by atoms with E-state index in [4.69, 9.17) is 15.2 Å². The fraction of sp³-hybridized carbons (Fsp3) is 0.458. The SMILES string of the molecule is CC1CCN(Cc2ccc(CN=C(N)Nc3ccc4c(c3)OCCCO4)cc2)CC1.I. The van der Waals surface area contributed by atoms with Gasteiger partial charge >= 0.3 is 0 Å². The zero-order valence-corrected chi connectivity index (χ0v) is 20.5. The van der Waals surface area contributed by atoms with Crippen molar-refractivity contribution < 1.29 is 9.47 Å². The van der Waals surface area contributed by atoms with E-state index < -0.39 is 0 Å². The molecule has 1 saturated heterocycles. The molecule has 2 heterocycles. The van der Waals surface area contributed by atoms with Crippen LogP contribution in [0.1, 0.15) is 37.3 Å². The maximum atomic E-state index is 6.09. The van der Waals surface area contributed by atoms with E-state index in [1.807, 2.05) is 18.2 Å². The molecule has 31 heavy (non-hydrogen) atoms. The highest BCUT2D eigenvalue weighted by Gasteiger charge is 2.15. The van der Waals surface area contributed by atoms with Crippen molar-refractivity contribution in [3.63, 3.8) is 0 Å². The molecule has 3 N–H and O–H groups in total. The number of likely N-dealkylation sites (tertiary alicyclic amines) is 1. The minimum Gasteiger partial charge on any atom is -0.490 e. The van der Waals surface area contributed by atoms with Crippen molar-refractivity contribution in [2.75, 3.05) is 31.6 Å². The Labute approximate surface area is 202 Å². The Balaban J connectivity index is 0.00000272. The van der Waals surface area contributed by atoms with Crippen molar-refractivity contribution in [3.05, 3.63) is 53.6 Å². The summed E-state index contributed by atoms with van der Waals surface area (Å²) >= 11 is 0. The summed E-state index contributed by atoms with van der Waals surface area (Å²) < 4.78 is 11.4. The molecular formula is C24H33IN4O2. The third kappa shape index (κ3) is 7.00. The molecule has 2 aromatic carbocycles. The highest BCUT2D eigenvalue weighted by atomic mass is 127. The predicted molar refractivity (Wildman–Crippen MR) is 137 cm³/mol. The monoisotopic (exact) mass is 536 g/mol. The molecule has 0 bridgehead atoms. The number of benzene rings is 2. The first-order chi connectivity index (χ1) is 14.7. The second-order valence-electron chi connectivity index (χ2n) is 8.31. The Bertz CT molecular complexity index is 864. The molecule has 0 aliphatic carbocycles. The average molecular weight is 536 g/mol. The summed E-state index contributed by atoms with van der Waals surface area (Å²) in [4.78, 5) is 7.02. The van der Waals surface area contributed by atoms with Crippen LogP contribution in [0.15, 0.2) is 47.5 Å². The van der Waals surface area contributed by atoms with Crippen LogP contribution >= 0.6 is 24.0 Å². The summed E-state index contributed by atoms with van der Waals surface area (Å²) in [5, 5.41) is 3.14. The number of rotatable bonds is 5. The minimum absolute atomic E-state index is 0. The van der Waals surface area contributed by atoms with Gasteiger partial charge in [-0.2, -0.15) is 0 Å². The first-order valence-electron chi connectivity index (χ1n) is 10.9. The minimum atomic E-state index is 0. The van der Waals surface area contributed by atoms with Crippen molar-refractivity contribution in [1.82, 2.24) is 4.90 Å². The second kappa shape index (κ2) is 11.6. The molecule has 1 fully saturated rings. The van der Waals surface area contributed by atoms with E-state index >= 15 is 0 Å². The highest BCUT2D eigenvalue weighted by molar-refractivity contribution is 14.0. The maximum absolute atomic E-state index is 6.09. The molecule has 7 heteroatoms. The zero-order chi connectivity index (χ0) is 20.8. The van der Waals surface area contributed by atoms with Crippen molar-refractivity contribution in [2.45, 2.75) is 39.3 Å². The van der Waals surface area contributed by atoms with Gasteiger partial charge in [-0.15, -0.1) is 24.0 Å². The van der Waals surface area contributed by atoms with Crippen molar-refractivity contribution in [2.24, 2.45) is 16.6 Å².